The zero-order chi connectivity index (χ0) is 15.6. The third-order valence-corrected chi connectivity index (χ3v) is 4.33. The average molecular weight is 291 g/mol. The Labute approximate surface area is 126 Å². The number of aryl methyl sites for hydroxylation is 1. The van der Waals surface area contributed by atoms with Crippen molar-refractivity contribution >= 4 is 5.97 Å². The van der Waals surface area contributed by atoms with Gasteiger partial charge in [0.2, 0.25) is 0 Å². The molecular weight excluding hydrogens is 266 g/mol. The molecule has 4 heteroatoms. The molecule has 0 bridgehead atoms. The van der Waals surface area contributed by atoms with E-state index in [2.05, 4.69) is 26.8 Å². The molecule has 1 aromatic rings. The predicted octanol–water partition coefficient (Wildman–Crippen LogP) is 3.22. The van der Waals surface area contributed by atoms with E-state index in [0.717, 1.165) is 18.6 Å². The summed E-state index contributed by atoms with van der Waals surface area (Å²) >= 11 is 0. The molecule has 1 fully saturated rings. The van der Waals surface area contributed by atoms with Gasteiger partial charge in [0.25, 0.3) is 0 Å². The highest BCUT2D eigenvalue weighted by Crippen LogP contribution is 2.31. The molecule has 21 heavy (non-hydrogen) atoms. The monoisotopic (exact) mass is 291 g/mol. The van der Waals surface area contributed by atoms with E-state index >= 15 is 0 Å². The lowest BCUT2D eigenvalue weighted by atomic mass is 9.81. The summed E-state index contributed by atoms with van der Waals surface area (Å²) in [6.07, 6.45) is 2.42. The van der Waals surface area contributed by atoms with Gasteiger partial charge in [0, 0.05) is 6.42 Å². The van der Waals surface area contributed by atoms with E-state index in [4.69, 9.17) is 10.5 Å². The predicted molar refractivity (Wildman–Crippen MR) is 82.7 cm³/mol. The summed E-state index contributed by atoms with van der Waals surface area (Å²) in [6, 6.07) is 6.09. The summed E-state index contributed by atoms with van der Waals surface area (Å²) < 4.78 is 5.97. The number of hydrogen-bond donors (Lipinski definition) is 2. The third kappa shape index (κ3) is 3.56. The molecule has 2 atom stereocenters. The van der Waals surface area contributed by atoms with E-state index < -0.39 is 11.5 Å². The Morgan fingerprint density at radius 2 is 2.19 bits per heavy atom. The molecule has 0 spiro atoms. The minimum absolute atomic E-state index is 0.121. The number of rotatable bonds is 4. The number of benzene rings is 1. The van der Waals surface area contributed by atoms with Crippen molar-refractivity contribution < 1.29 is 14.6 Å². The van der Waals surface area contributed by atoms with Crippen LogP contribution in [0, 0.1) is 6.92 Å². The highest BCUT2D eigenvalue weighted by molar-refractivity contribution is 5.78. The fourth-order valence-electron chi connectivity index (χ4n) is 3.11. The molecule has 1 aliphatic rings. The zero-order valence-corrected chi connectivity index (χ0v) is 13.1. The highest BCUT2D eigenvalue weighted by Gasteiger charge is 2.40. The van der Waals surface area contributed by atoms with Crippen molar-refractivity contribution in [2.45, 2.75) is 64.0 Å². The Morgan fingerprint density at radius 3 is 2.76 bits per heavy atom. The van der Waals surface area contributed by atoms with Crippen LogP contribution < -0.4 is 10.5 Å². The molecular formula is C17H25NO3. The lowest BCUT2D eigenvalue weighted by Crippen LogP contribution is -2.53. The summed E-state index contributed by atoms with van der Waals surface area (Å²) in [4.78, 5) is 11.3. The molecule has 1 aromatic carbocycles. The van der Waals surface area contributed by atoms with E-state index in [1.54, 1.807) is 0 Å². The highest BCUT2D eigenvalue weighted by atomic mass is 16.5. The number of nitrogens with two attached hydrogens (primary N) is 1. The van der Waals surface area contributed by atoms with Gasteiger partial charge in [-0.2, -0.15) is 0 Å². The van der Waals surface area contributed by atoms with Crippen molar-refractivity contribution in [3.63, 3.8) is 0 Å². The number of carboxylic acid groups (broad SMARTS) is 1. The third-order valence-electron chi connectivity index (χ3n) is 4.33. The van der Waals surface area contributed by atoms with Crippen molar-refractivity contribution in [1.29, 1.82) is 0 Å². The molecule has 116 valence electrons. The summed E-state index contributed by atoms with van der Waals surface area (Å²) in [5.41, 5.74) is 7.33. The Morgan fingerprint density at radius 1 is 1.48 bits per heavy atom. The molecule has 0 heterocycles. The fraction of sp³-hybridized carbons (Fsp3) is 0.588. The second-order valence-corrected chi connectivity index (χ2v) is 6.47. The molecule has 0 amide bonds. The van der Waals surface area contributed by atoms with Gasteiger partial charge in [-0.15, -0.1) is 0 Å². The first-order valence-corrected chi connectivity index (χ1v) is 7.61. The van der Waals surface area contributed by atoms with E-state index in [0.29, 0.717) is 18.8 Å². The molecule has 0 aliphatic heterocycles. The summed E-state index contributed by atoms with van der Waals surface area (Å²) in [5.74, 6) is 0.358. The Bertz CT molecular complexity index is 527. The molecule has 0 radical (unpaired) electrons. The minimum Gasteiger partial charge on any atom is -0.490 e. The van der Waals surface area contributed by atoms with Crippen LogP contribution in [0.3, 0.4) is 0 Å². The molecule has 4 nitrogen and oxygen atoms in total. The van der Waals surface area contributed by atoms with Crippen molar-refractivity contribution in [2.75, 3.05) is 0 Å². The number of carbonyl (C=O) groups is 1. The normalized spacial score (nSPS) is 25.9. The second-order valence-electron chi connectivity index (χ2n) is 6.47. The van der Waals surface area contributed by atoms with Crippen LogP contribution in [0.2, 0.25) is 0 Å². The van der Waals surface area contributed by atoms with Gasteiger partial charge < -0.3 is 15.6 Å². The minimum atomic E-state index is -1.14. The van der Waals surface area contributed by atoms with Gasteiger partial charge in [0.15, 0.2) is 0 Å². The molecule has 1 saturated carbocycles. The van der Waals surface area contributed by atoms with Gasteiger partial charge in [0.05, 0.1) is 0 Å². The van der Waals surface area contributed by atoms with Crippen molar-refractivity contribution in [3.05, 3.63) is 29.3 Å². The van der Waals surface area contributed by atoms with E-state index in [1.165, 1.54) is 11.1 Å². The molecule has 3 N–H and O–H groups in total. The average Bonchev–Trinajstić information content (AvgIpc) is 2.38. The lowest BCUT2D eigenvalue weighted by Gasteiger charge is -2.34. The maximum absolute atomic E-state index is 11.3. The molecule has 2 unspecified atom stereocenters. The first kappa shape index (κ1) is 15.8. The van der Waals surface area contributed by atoms with Gasteiger partial charge in [-0.05, 0) is 55.4 Å². The fourth-order valence-corrected chi connectivity index (χ4v) is 3.11. The maximum atomic E-state index is 11.3. The Balaban J connectivity index is 2.08. The number of hydrogen-bond acceptors (Lipinski definition) is 3. The van der Waals surface area contributed by atoms with Gasteiger partial charge >= 0.3 is 5.97 Å². The van der Waals surface area contributed by atoms with Crippen LogP contribution in [0.5, 0.6) is 5.75 Å². The van der Waals surface area contributed by atoms with Gasteiger partial charge in [0.1, 0.15) is 17.4 Å². The quantitative estimate of drug-likeness (QED) is 0.893. The SMILES string of the molecule is Cc1cc(OC2CCCC(N)(C(=O)O)C2)ccc1C(C)C. The van der Waals surface area contributed by atoms with Crippen LogP contribution in [0.15, 0.2) is 18.2 Å². The van der Waals surface area contributed by atoms with Crippen LogP contribution in [-0.4, -0.2) is 22.7 Å². The lowest BCUT2D eigenvalue weighted by molar-refractivity contribution is -0.145. The van der Waals surface area contributed by atoms with Crippen molar-refractivity contribution in [1.82, 2.24) is 0 Å². The van der Waals surface area contributed by atoms with E-state index in [-0.39, 0.29) is 6.10 Å². The number of aliphatic carboxylic acids is 1. The summed E-state index contributed by atoms with van der Waals surface area (Å²) in [5, 5.41) is 9.24. The molecule has 1 aliphatic carbocycles. The van der Waals surface area contributed by atoms with Crippen LogP contribution >= 0.6 is 0 Å². The van der Waals surface area contributed by atoms with E-state index in [1.807, 2.05) is 12.1 Å². The smallest absolute Gasteiger partial charge is 0.323 e. The van der Waals surface area contributed by atoms with Crippen molar-refractivity contribution in [2.24, 2.45) is 5.73 Å². The zero-order valence-electron chi connectivity index (χ0n) is 13.1. The second kappa shape index (κ2) is 6.06. The first-order chi connectivity index (χ1) is 9.82. The molecule has 2 rings (SSSR count). The van der Waals surface area contributed by atoms with Gasteiger partial charge in [-0.25, -0.2) is 0 Å². The summed E-state index contributed by atoms with van der Waals surface area (Å²) in [6.45, 7) is 6.41. The van der Waals surface area contributed by atoms with Crippen LogP contribution in [0.1, 0.15) is 56.6 Å². The van der Waals surface area contributed by atoms with Crippen LogP contribution in [0.4, 0.5) is 0 Å². The largest absolute Gasteiger partial charge is 0.490 e. The maximum Gasteiger partial charge on any atom is 0.323 e. The Kier molecular flexibility index (Phi) is 4.57. The molecule has 0 aromatic heterocycles. The van der Waals surface area contributed by atoms with Gasteiger partial charge in [-0.3, -0.25) is 4.79 Å². The van der Waals surface area contributed by atoms with Gasteiger partial charge in [-0.1, -0.05) is 19.9 Å². The topological polar surface area (TPSA) is 72.5 Å². The molecule has 0 saturated heterocycles. The number of carboxylic acids is 1. The van der Waals surface area contributed by atoms with E-state index in [9.17, 15) is 9.90 Å². The summed E-state index contributed by atoms with van der Waals surface area (Å²) in [7, 11) is 0. The standard InChI is InChI=1S/C17H25NO3/c1-11(2)15-7-6-13(9-12(15)3)21-14-5-4-8-17(18,10-14)16(19)20/h6-7,9,11,14H,4-5,8,10,18H2,1-3H3,(H,19,20). The Hall–Kier alpha value is -1.55. The first-order valence-electron chi connectivity index (χ1n) is 7.61. The van der Waals surface area contributed by atoms with Crippen LogP contribution in [-0.2, 0) is 4.79 Å². The van der Waals surface area contributed by atoms with Crippen LogP contribution in [0.25, 0.3) is 0 Å². The van der Waals surface area contributed by atoms with Crippen molar-refractivity contribution in [3.8, 4) is 5.75 Å². The number of ether oxygens (including phenoxy) is 1.